The first kappa shape index (κ1) is 21.3. The molecule has 6 rings (SSSR count). The second-order valence-corrected chi connectivity index (χ2v) is 9.10. The molecule has 0 spiro atoms. The minimum Gasteiger partial charge on any atom is -0.345 e. The summed E-state index contributed by atoms with van der Waals surface area (Å²) in [5.41, 5.74) is 6.17. The maximum absolute atomic E-state index is 13.6. The van der Waals surface area contributed by atoms with Gasteiger partial charge in [0.2, 0.25) is 0 Å². The van der Waals surface area contributed by atoms with Crippen molar-refractivity contribution in [2.24, 2.45) is 7.05 Å². The zero-order valence-electron chi connectivity index (χ0n) is 19.6. The van der Waals surface area contributed by atoms with Crippen molar-refractivity contribution >= 4 is 11.8 Å². The molecule has 0 aliphatic carbocycles. The zero-order valence-corrected chi connectivity index (χ0v) is 19.6. The smallest absolute Gasteiger partial charge is 0.275 e. The summed E-state index contributed by atoms with van der Waals surface area (Å²) in [5, 5.41) is 4.62. The van der Waals surface area contributed by atoms with Crippen molar-refractivity contribution in [2.75, 3.05) is 13.1 Å². The van der Waals surface area contributed by atoms with Crippen LogP contribution >= 0.6 is 0 Å². The molecule has 0 radical (unpaired) electrons. The third-order valence-corrected chi connectivity index (χ3v) is 7.06. The Hall–Kier alpha value is -4.20. The minimum absolute atomic E-state index is 0.0679. The van der Waals surface area contributed by atoms with Crippen molar-refractivity contribution < 1.29 is 9.59 Å². The average Bonchev–Trinajstić information content (AvgIpc) is 3.56. The van der Waals surface area contributed by atoms with Crippen LogP contribution in [0.4, 0.5) is 0 Å². The summed E-state index contributed by atoms with van der Waals surface area (Å²) < 4.78 is 1.80. The number of rotatable bonds is 3. The Kier molecular flexibility index (Phi) is 5.21. The standard InChI is InChI=1S/C27H26N6O2/c1-31-23-11-15-33(26(34)21-9-5-4-8-20(21)25-28-12-13-29-25)17-22(23)24(30-31)27(35)32-14-10-18-6-2-3-7-19(18)16-32/h2-9,12-13H,10-11,14-17H2,1H3,(H,28,29). The highest BCUT2D eigenvalue weighted by molar-refractivity contribution is 6.00. The first-order valence-corrected chi connectivity index (χ1v) is 11.9. The fraction of sp³-hybridized carbons (Fsp3) is 0.259. The lowest BCUT2D eigenvalue weighted by molar-refractivity contribution is 0.0703. The molecule has 2 aromatic carbocycles. The molecular formula is C27H26N6O2. The highest BCUT2D eigenvalue weighted by atomic mass is 16.2. The Bertz CT molecular complexity index is 1420. The third kappa shape index (κ3) is 3.71. The van der Waals surface area contributed by atoms with Gasteiger partial charge in [0.05, 0.1) is 12.1 Å². The molecule has 1 N–H and O–H groups in total. The number of benzene rings is 2. The van der Waals surface area contributed by atoms with Gasteiger partial charge >= 0.3 is 0 Å². The number of aromatic nitrogens is 4. The molecule has 0 fully saturated rings. The molecule has 2 aromatic heterocycles. The molecule has 4 heterocycles. The van der Waals surface area contributed by atoms with E-state index in [1.165, 1.54) is 11.1 Å². The molecule has 0 saturated carbocycles. The molecule has 8 heteroatoms. The number of hydrogen-bond acceptors (Lipinski definition) is 4. The fourth-order valence-electron chi connectivity index (χ4n) is 5.22. The first-order valence-electron chi connectivity index (χ1n) is 11.9. The van der Waals surface area contributed by atoms with Crippen LogP contribution in [0.5, 0.6) is 0 Å². The lowest BCUT2D eigenvalue weighted by Crippen LogP contribution is -2.39. The number of fused-ring (bicyclic) bond motifs is 2. The summed E-state index contributed by atoms with van der Waals surface area (Å²) in [7, 11) is 1.88. The summed E-state index contributed by atoms with van der Waals surface area (Å²) in [6.07, 6.45) is 4.92. The summed E-state index contributed by atoms with van der Waals surface area (Å²) in [5.74, 6) is 0.521. The van der Waals surface area contributed by atoms with Crippen LogP contribution < -0.4 is 0 Å². The second-order valence-electron chi connectivity index (χ2n) is 9.10. The van der Waals surface area contributed by atoms with Crippen molar-refractivity contribution in [3.63, 3.8) is 0 Å². The molecule has 176 valence electrons. The molecule has 4 aromatic rings. The quantitative estimate of drug-likeness (QED) is 0.502. The van der Waals surface area contributed by atoms with Gasteiger partial charge in [-0.1, -0.05) is 42.5 Å². The molecule has 0 saturated heterocycles. The van der Waals surface area contributed by atoms with E-state index in [0.717, 1.165) is 23.2 Å². The minimum atomic E-state index is -0.0724. The van der Waals surface area contributed by atoms with Crippen LogP contribution in [0.3, 0.4) is 0 Å². The Morgan fingerprint density at radius 1 is 0.886 bits per heavy atom. The van der Waals surface area contributed by atoms with Crippen molar-refractivity contribution in [3.05, 3.63) is 94.6 Å². The zero-order chi connectivity index (χ0) is 23.9. The monoisotopic (exact) mass is 466 g/mol. The summed E-state index contributed by atoms with van der Waals surface area (Å²) in [6.45, 7) is 2.18. The van der Waals surface area contributed by atoms with Gasteiger partial charge in [0.1, 0.15) is 5.82 Å². The highest BCUT2D eigenvalue weighted by Crippen LogP contribution is 2.28. The molecule has 35 heavy (non-hydrogen) atoms. The Balaban J connectivity index is 1.28. The van der Waals surface area contributed by atoms with Gasteiger partial charge in [-0.05, 0) is 23.6 Å². The van der Waals surface area contributed by atoms with Gasteiger partial charge in [-0.15, -0.1) is 0 Å². The van der Waals surface area contributed by atoms with E-state index in [4.69, 9.17) is 0 Å². The largest absolute Gasteiger partial charge is 0.345 e. The van der Waals surface area contributed by atoms with Gasteiger partial charge in [-0.2, -0.15) is 5.10 Å². The molecule has 2 amide bonds. The number of imidazole rings is 1. The van der Waals surface area contributed by atoms with Gasteiger partial charge in [-0.3, -0.25) is 14.3 Å². The predicted molar refractivity (Wildman–Crippen MR) is 131 cm³/mol. The molecule has 0 bridgehead atoms. The summed E-state index contributed by atoms with van der Waals surface area (Å²) in [4.78, 5) is 38.3. The second kappa shape index (κ2) is 8.54. The molecule has 8 nitrogen and oxygen atoms in total. The average molecular weight is 467 g/mol. The summed E-state index contributed by atoms with van der Waals surface area (Å²) >= 11 is 0. The van der Waals surface area contributed by atoms with Gasteiger partial charge in [0.15, 0.2) is 5.69 Å². The number of aryl methyl sites for hydroxylation is 1. The molecule has 0 atom stereocenters. The van der Waals surface area contributed by atoms with E-state index in [1.807, 2.05) is 53.2 Å². The van der Waals surface area contributed by atoms with Crippen LogP contribution in [0.15, 0.2) is 60.9 Å². The number of aromatic amines is 1. The SMILES string of the molecule is Cn1nc(C(=O)N2CCc3ccccc3C2)c2c1CCN(C(=O)c1ccccc1-c1ncc[nH]1)C2. The van der Waals surface area contributed by atoms with E-state index in [1.54, 1.807) is 17.1 Å². The van der Waals surface area contributed by atoms with Crippen molar-refractivity contribution in [1.29, 1.82) is 0 Å². The van der Waals surface area contributed by atoms with E-state index >= 15 is 0 Å². The van der Waals surface area contributed by atoms with Crippen molar-refractivity contribution in [3.8, 4) is 11.4 Å². The van der Waals surface area contributed by atoms with Gasteiger partial charge in [0, 0.05) is 62.3 Å². The van der Waals surface area contributed by atoms with Crippen molar-refractivity contribution in [1.82, 2.24) is 29.5 Å². The number of nitrogens with one attached hydrogen (secondary N) is 1. The van der Waals surface area contributed by atoms with Gasteiger partial charge in [0.25, 0.3) is 11.8 Å². The van der Waals surface area contributed by atoms with E-state index in [2.05, 4.69) is 27.2 Å². The molecule has 2 aliphatic rings. The lowest BCUT2D eigenvalue weighted by atomic mass is 9.98. The summed E-state index contributed by atoms with van der Waals surface area (Å²) in [6, 6.07) is 15.8. The van der Waals surface area contributed by atoms with E-state index < -0.39 is 0 Å². The number of nitrogens with zero attached hydrogens (tertiary/aromatic N) is 5. The predicted octanol–water partition coefficient (Wildman–Crippen LogP) is 3.21. The maximum Gasteiger partial charge on any atom is 0.275 e. The van der Waals surface area contributed by atoms with Gasteiger partial charge in [-0.25, -0.2) is 4.98 Å². The Morgan fingerprint density at radius 2 is 1.63 bits per heavy atom. The van der Waals surface area contributed by atoms with E-state index in [9.17, 15) is 9.59 Å². The highest BCUT2D eigenvalue weighted by Gasteiger charge is 2.33. The van der Waals surface area contributed by atoms with Crippen LogP contribution in [0.1, 0.15) is 43.2 Å². The molecule has 2 aliphatic heterocycles. The van der Waals surface area contributed by atoms with Crippen LogP contribution in [0, 0.1) is 0 Å². The first-order chi connectivity index (χ1) is 17.1. The number of hydrogen-bond donors (Lipinski definition) is 1. The number of carbonyl (C=O) groups is 2. The Morgan fingerprint density at radius 3 is 2.46 bits per heavy atom. The molecular weight excluding hydrogens is 440 g/mol. The van der Waals surface area contributed by atoms with Crippen LogP contribution in [0.2, 0.25) is 0 Å². The van der Waals surface area contributed by atoms with E-state index in [0.29, 0.717) is 49.7 Å². The van der Waals surface area contributed by atoms with Gasteiger partial charge < -0.3 is 14.8 Å². The van der Waals surface area contributed by atoms with Crippen LogP contribution in [0.25, 0.3) is 11.4 Å². The fourth-order valence-corrected chi connectivity index (χ4v) is 5.22. The van der Waals surface area contributed by atoms with Crippen LogP contribution in [-0.4, -0.2) is 54.5 Å². The van der Waals surface area contributed by atoms with E-state index in [-0.39, 0.29) is 11.8 Å². The third-order valence-electron chi connectivity index (χ3n) is 7.06. The topological polar surface area (TPSA) is 87.1 Å². The lowest BCUT2D eigenvalue weighted by Gasteiger charge is -2.30. The van der Waals surface area contributed by atoms with Crippen molar-refractivity contribution in [2.45, 2.75) is 25.9 Å². The number of amides is 2. The Labute approximate surface area is 203 Å². The normalized spacial score (nSPS) is 15.0. The maximum atomic E-state index is 13.6. The number of H-pyrrole nitrogens is 1. The number of carbonyl (C=O) groups excluding carboxylic acids is 2. The van der Waals surface area contributed by atoms with Crippen LogP contribution in [-0.2, 0) is 33.0 Å². The molecule has 0 unspecified atom stereocenters.